The first-order valence-electron chi connectivity index (χ1n) is 5.25. The molecule has 2 heteroatoms. The molecular weight excluding hydrogens is 194 g/mol. The summed E-state index contributed by atoms with van der Waals surface area (Å²) < 4.78 is 0. The third-order valence-corrected chi connectivity index (χ3v) is 3.32. The fraction of sp³-hybridized carbons (Fsp3) is 0.500. The molecule has 0 bridgehead atoms. The van der Waals surface area contributed by atoms with Crippen molar-refractivity contribution >= 4 is 11.6 Å². The van der Waals surface area contributed by atoms with Crippen molar-refractivity contribution in [2.45, 2.75) is 32.2 Å². The second-order valence-corrected chi connectivity index (χ2v) is 4.44. The molecule has 0 saturated carbocycles. The van der Waals surface area contributed by atoms with Crippen LogP contribution < -0.4 is 5.32 Å². The lowest BCUT2D eigenvalue weighted by atomic mass is 10.0. The largest absolute Gasteiger partial charge is 0.314 e. The minimum atomic E-state index is 0.633. The molecule has 1 aromatic rings. The Kier molecular flexibility index (Phi) is 3.09. The molecule has 1 N–H and O–H groups in total. The summed E-state index contributed by atoms with van der Waals surface area (Å²) in [5.41, 5.74) is 2.62. The van der Waals surface area contributed by atoms with Gasteiger partial charge < -0.3 is 5.32 Å². The maximum absolute atomic E-state index is 6.18. The van der Waals surface area contributed by atoms with Gasteiger partial charge in [0, 0.05) is 11.1 Å². The molecule has 1 aliphatic rings. The van der Waals surface area contributed by atoms with Gasteiger partial charge in [0.05, 0.1) is 0 Å². The summed E-state index contributed by atoms with van der Waals surface area (Å²) in [6.45, 7) is 3.30. The highest BCUT2D eigenvalue weighted by atomic mass is 35.5. The van der Waals surface area contributed by atoms with Crippen molar-refractivity contribution in [3.8, 4) is 0 Å². The van der Waals surface area contributed by atoms with Gasteiger partial charge in [0.25, 0.3) is 0 Å². The van der Waals surface area contributed by atoms with Crippen LogP contribution in [-0.4, -0.2) is 12.6 Å². The Hall–Kier alpha value is -0.530. The molecule has 0 spiro atoms. The molecule has 76 valence electrons. The van der Waals surface area contributed by atoms with Gasteiger partial charge in [-0.1, -0.05) is 23.7 Å². The normalized spacial score (nSPS) is 21.4. The van der Waals surface area contributed by atoms with Crippen molar-refractivity contribution < 1.29 is 0 Å². The Bertz CT molecular complexity index is 296. The molecule has 1 heterocycles. The van der Waals surface area contributed by atoms with Crippen LogP contribution in [0, 0.1) is 6.92 Å². The van der Waals surface area contributed by atoms with E-state index in [2.05, 4.69) is 18.3 Å². The van der Waals surface area contributed by atoms with Crippen molar-refractivity contribution in [2.75, 3.05) is 6.54 Å². The average molecular weight is 210 g/mol. The minimum Gasteiger partial charge on any atom is -0.314 e. The molecule has 2 rings (SSSR count). The molecule has 1 saturated heterocycles. The van der Waals surface area contributed by atoms with Gasteiger partial charge >= 0.3 is 0 Å². The van der Waals surface area contributed by atoms with Gasteiger partial charge in [-0.15, -0.1) is 0 Å². The SMILES string of the molecule is Cc1cccc(Cl)c1CC1CCCN1. The molecule has 1 fully saturated rings. The number of nitrogens with one attached hydrogen (secondary N) is 1. The minimum absolute atomic E-state index is 0.633. The molecule has 1 atom stereocenters. The first kappa shape index (κ1) is 10.0. The standard InChI is InChI=1S/C12H16ClN/c1-9-4-2-6-12(13)11(9)8-10-5-3-7-14-10/h2,4,6,10,14H,3,5,7-8H2,1H3. The second-order valence-electron chi connectivity index (χ2n) is 4.03. The molecule has 1 unspecified atom stereocenters. The van der Waals surface area contributed by atoms with Gasteiger partial charge in [0.15, 0.2) is 0 Å². The van der Waals surface area contributed by atoms with Crippen LogP contribution in [0.25, 0.3) is 0 Å². The zero-order valence-corrected chi connectivity index (χ0v) is 9.27. The molecule has 1 nitrogen and oxygen atoms in total. The summed E-state index contributed by atoms with van der Waals surface area (Å²) in [4.78, 5) is 0. The van der Waals surface area contributed by atoms with Crippen LogP contribution in [0.3, 0.4) is 0 Å². The third kappa shape index (κ3) is 2.10. The van der Waals surface area contributed by atoms with Gasteiger partial charge in [0.1, 0.15) is 0 Å². The van der Waals surface area contributed by atoms with Crippen molar-refractivity contribution in [3.63, 3.8) is 0 Å². The van der Waals surface area contributed by atoms with Crippen LogP contribution in [0.4, 0.5) is 0 Å². The fourth-order valence-corrected chi connectivity index (χ4v) is 2.40. The third-order valence-electron chi connectivity index (χ3n) is 2.97. The van der Waals surface area contributed by atoms with E-state index < -0.39 is 0 Å². The van der Waals surface area contributed by atoms with E-state index in [1.165, 1.54) is 24.0 Å². The average Bonchev–Trinajstić information content (AvgIpc) is 2.64. The van der Waals surface area contributed by atoms with Gasteiger partial charge in [-0.25, -0.2) is 0 Å². The number of hydrogen-bond acceptors (Lipinski definition) is 1. The molecule has 1 aromatic carbocycles. The molecule has 14 heavy (non-hydrogen) atoms. The van der Waals surface area contributed by atoms with Gasteiger partial charge in [-0.05, 0) is 49.9 Å². The summed E-state index contributed by atoms with van der Waals surface area (Å²) in [7, 11) is 0. The van der Waals surface area contributed by atoms with Gasteiger partial charge in [-0.2, -0.15) is 0 Å². The van der Waals surface area contributed by atoms with E-state index in [1.54, 1.807) is 0 Å². The lowest BCUT2D eigenvalue weighted by Crippen LogP contribution is -2.24. The quantitative estimate of drug-likeness (QED) is 0.790. The number of aryl methyl sites for hydroxylation is 1. The van der Waals surface area contributed by atoms with E-state index in [1.807, 2.05) is 12.1 Å². The smallest absolute Gasteiger partial charge is 0.0441 e. The van der Waals surface area contributed by atoms with Crippen LogP contribution >= 0.6 is 11.6 Å². The predicted molar refractivity (Wildman–Crippen MR) is 60.9 cm³/mol. The van der Waals surface area contributed by atoms with E-state index in [4.69, 9.17) is 11.6 Å². The van der Waals surface area contributed by atoms with Crippen LogP contribution in [0.15, 0.2) is 18.2 Å². The van der Waals surface area contributed by atoms with Crippen LogP contribution in [0.5, 0.6) is 0 Å². The number of hydrogen-bond donors (Lipinski definition) is 1. The number of halogens is 1. The Morgan fingerprint density at radius 2 is 2.36 bits per heavy atom. The van der Waals surface area contributed by atoms with Crippen molar-refractivity contribution in [1.82, 2.24) is 5.32 Å². The summed E-state index contributed by atoms with van der Waals surface area (Å²) in [5.74, 6) is 0. The number of rotatable bonds is 2. The highest BCUT2D eigenvalue weighted by molar-refractivity contribution is 6.31. The summed E-state index contributed by atoms with van der Waals surface area (Å²) >= 11 is 6.18. The fourth-order valence-electron chi connectivity index (χ4n) is 2.10. The monoisotopic (exact) mass is 209 g/mol. The molecule has 0 amide bonds. The Morgan fingerprint density at radius 3 is 3.00 bits per heavy atom. The predicted octanol–water partition coefficient (Wildman–Crippen LogP) is 2.94. The van der Waals surface area contributed by atoms with E-state index in [9.17, 15) is 0 Å². The maximum Gasteiger partial charge on any atom is 0.0441 e. The zero-order chi connectivity index (χ0) is 9.97. The second kappa shape index (κ2) is 4.33. The van der Waals surface area contributed by atoms with Crippen LogP contribution in [0.2, 0.25) is 5.02 Å². The Morgan fingerprint density at radius 1 is 1.50 bits per heavy atom. The molecule has 0 aromatic heterocycles. The summed E-state index contributed by atoms with van der Waals surface area (Å²) in [6, 6.07) is 6.77. The zero-order valence-electron chi connectivity index (χ0n) is 8.52. The van der Waals surface area contributed by atoms with Crippen molar-refractivity contribution in [2.24, 2.45) is 0 Å². The highest BCUT2D eigenvalue weighted by Crippen LogP contribution is 2.23. The maximum atomic E-state index is 6.18. The highest BCUT2D eigenvalue weighted by Gasteiger charge is 2.16. The van der Waals surface area contributed by atoms with E-state index in [0.717, 1.165) is 18.0 Å². The first-order valence-corrected chi connectivity index (χ1v) is 5.62. The molecular formula is C12H16ClN. The molecule has 1 aliphatic heterocycles. The van der Waals surface area contributed by atoms with E-state index >= 15 is 0 Å². The van der Waals surface area contributed by atoms with E-state index in [-0.39, 0.29) is 0 Å². The Labute approximate surface area is 90.5 Å². The van der Waals surface area contributed by atoms with Crippen molar-refractivity contribution in [3.05, 3.63) is 34.3 Å². The van der Waals surface area contributed by atoms with Gasteiger partial charge in [-0.3, -0.25) is 0 Å². The summed E-state index contributed by atoms with van der Waals surface area (Å²) in [6.07, 6.45) is 3.66. The lowest BCUT2D eigenvalue weighted by Gasteiger charge is -2.13. The Balaban J connectivity index is 2.14. The lowest BCUT2D eigenvalue weighted by molar-refractivity contribution is 0.601. The van der Waals surface area contributed by atoms with Gasteiger partial charge in [0.2, 0.25) is 0 Å². The molecule has 0 radical (unpaired) electrons. The van der Waals surface area contributed by atoms with Crippen LogP contribution in [0.1, 0.15) is 24.0 Å². The number of benzene rings is 1. The van der Waals surface area contributed by atoms with Crippen molar-refractivity contribution in [1.29, 1.82) is 0 Å². The topological polar surface area (TPSA) is 12.0 Å². The first-order chi connectivity index (χ1) is 6.77. The van der Waals surface area contributed by atoms with E-state index in [0.29, 0.717) is 6.04 Å². The van der Waals surface area contributed by atoms with Crippen LogP contribution in [-0.2, 0) is 6.42 Å². The summed E-state index contributed by atoms with van der Waals surface area (Å²) in [5, 5.41) is 4.42. The molecule has 0 aliphatic carbocycles.